The number of hydrogen-bond donors (Lipinski definition) is 1. The van der Waals surface area contributed by atoms with Gasteiger partial charge in [-0.05, 0) is 24.3 Å². The molecular weight excluding hydrogens is 321 g/mol. The molecule has 2 N–H and O–H groups in total. The second-order valence-corrected chi connectivity index (χ2v) is 4.98. The van der Waals surface area contributed by atoms with Crippen molar-refractivity contribution < 1.29 is 9.13 Å². The average Bonchev–Trinajstić information content (AvgIpc) is 2.33. The summed E-state index contributed by atoms with van der Waals surface area (Å²) in [6.45, 7) is 0.169. The van der Waals surface area contributed by atoms with Crippen molar-refractivity contribution in [1.82, 2.24) is 0 Å². The molecule has 0 aliphatic carbocycles. The van der Waals surface area contributed by atoms with Gasteiger partial charge >= 0.3 is 0 Å². The fourth-order valence-corrected chi connectivity index (χ4v) is 2.03. The molecule has 0 atom stereocenters. The Morgan fingerprint density at radius 3 is 2.78 bits per heavy atom. The molecule has 2 nitrogen and oxygen atoms in total. The first-order valence-electron chi connectivity index (χ1n) is 5.18. The number of rotatable bonds is 3. The standard InChI is InChI=1S/C13H10BrClFNO/c14-9-4-5-12(11(17)6-9)18-7-8-2-1-3-10(16)13(8)15/h1-6H,7,17H2. The quantitative estimate of drug-likeness (QED) is 0.846. The molecule has 0 aliphatic rings. The lowest BCUT2D eigenvalue weighted by atomic mass is 10.2. The molecular formula is C13H10BrClFNO. The number of nitrogens with two attached hydrogens (primary N) is 1. The van der Waals surface area contributed by atoms with Crippen LogP contribution in [0.2, 0.25) is 5.02 Å². The highest BCUT2D eigenvalue weighted by molar-refractivity contribution is 9.10. The van der Waals surface area contributed by atoms with Crippen molar-refractivity contribution in [3.8, 4) is 5.75 Å². The Kier molecular flexibility index (Phi) is 4.09. The first-order valence-corrected chi connectivity index (χ1v) is 6.35. The Hall–Kier alpha value is -1.26. The molecule has 2 aromatic rings. The summed E-state index contributed by atoms with van der Waals surface area (Å²) in [6, 6.07) is 9.90. The molecule has 0 saturated heterocycles. The third-order valence-corrected chi connectivity index (χ3v) is 3.30. The van der Waals surface area contributed by atoms with E-state index in [9.17, 15) is 4.39 Å². The highest BCUT2D eigenvalue weighted by Crippen LogP contribution is 2.27. The Labute approximate surface area is 118 Å². The minimum absolute atomic E-state index is 0.0770. The van der Waals surface area contributed by atoms with Gasteiger partial charge in [0.2, 0.25) is 0 Å². The van der Waals surface area contributed by atoms with Gasteiger partial charge in [-0.25, -0.2) is 4.39 Å². The monoisotopic (exact) mass is 329 g/mol. The minimum Gasteiger partial charge on any atom is -0.487 e. The van der Waals surface area contributed by atoms with E-state index in [1.807, 2.05) is 6.07 Å². The summed E-state index contributed by atoms with van der Waals surface area (Å²) in [5.74, 6) is 0.0834. The highest BCUT2D eigenvalue weighted by Gasteiger charge is 2.07. The molecule has 0 heterocycles. The molecule has 5 heteroatoms. The second kappa shape index (κ2) is 5.59. The largest absolute Gasteiger partial charge is 0.487 e. The van der Waals surface area contributed by atoms with Crippen LogP contribution in [0.5, 0.6) is 5.75 Å². The van der Waals surface area contributed by atoms with Crippen molar-refractivity contribution in [2.24, 2.45) is 0 Å². The summed E-state index contributed by atoms with van der Waals surface area (Å²) < 4.78 is 19.6. The van der Waals surface area contributed by atoms with E-state index < -0.39 is 5.82 Å². The van der Waals surface area contributed by atoms with Crippen LogP contribution in [0.4, 0.5) is 10.1 Å². The van der Waals surface area contributed by atoms with Crippen molar-refractivity contribution in [2.75, 3.05) is 5.73 Å². The maximum Gasteiger partial charge on any atom is 0.142 e. The zero-order chi connectivity index (χ0) is 13.1. The SMILES string of the molecule is Nc1cc(Br)ccc1OCc1cccc(F)c1Cl. The number of ether oxygens (including phenoxy) is 1. The molecule has 0 spiro atoms. The number of halogens is 3. The fraction of sp³-hybridized carbons (Fsp3) is 0.0769. The van der Waals surface area contributed by atoms with Gasteiger partial charge in [0.15, 0.2) is 0 Å². The third kappa shape index (κ3) is 2.94. The number of anilines is 1. The molecule has 0 aliphatic heterocycles. The number of benzene rings is 2. The first-order chi connectivity index (χ1) is 8.58. The van der Waals surface area contributed by atoms with Crippen molar-refractivity contribution in [2.45, 2.75) is 6.61 Å². The van der Waals surface area contributed by atoms with Crippen molar-refractivity contribution in [3.63, 3.8) is 0 Å². The lowest BCUT2D eigenvalue weighted by molar-refractivity contribution is 0.307. The lowest BCUT2D eigenvalue weighted by Crippen LogP contribution is -2.00. The molecule has 94 valence electrons. The topological polar surface area (TPSA) is 35.2 Å². The van der Waals surface area contributed by atoms with Crippen LogP contribution in [-0.4, -0.2) is 0 Å². The lowest BCUT2D eigenvalue weighted by Gasteiger charge is -2.10. The predicted molar refractivity (Wildman–Crippen MR) is 74.3 cm³/mol. The molecule has 0 bridgehead atoms. The average molecular weight is 331 g/mol. The van der Waals surface area contributed by atoms with Gasteiger partial charge in [0.25, 0.3) is 0 Å². The fourth-order valence-electron chi connectivity index (χ4n) is 1.47. The first kappa shape index (κ1) is 13.2. The zero-order valence-corrected chi connectivity index (χ0v) is 11.6. The van der Waals surface area contributed by atoms with E-state index in [1.165, 1.54) is 6.07 Å². The number of hydrogen-bond acceptors (Lipinski definition) is 2. The summed E-state index contributed by atoms with van der Waals surface area (Å²) in [5, 5.41) is 0.0770. The normalized spacial score (nSPS) is 10.4. The molecule has 2 aromatic carbocycles. The molecule has 18 heavy (non-hydrogen) atoms. The maximum absolute atomic E-state index is 13.2. The Morgan fingerprint density at radius 2 is 2.06 bits per heavy atom. The van der Waals surface area contributed by atoms with Crippen LogP contribution in [0.15, 0.2) is 40.9 Å². The molecule has 0 aromatic heterocycles. The molecule has 2 rings (SSSR count). The van der Waals surface area contributed by atoms with Gasteiger partial charge in [-0.1, -0.05) is 39.7 Å². The minimum atomic E-state index is -0.457. The summed E-state index contributed by atoms with van der Waals surface area (Å²) in [5.41, 5.74) is 6.88. The van der Waals surface area contributed by atoms with Gasteiger partial charge in [0.05, 0.1) is 10.7 Å². The van der Waals surface area contributed by atoms with E-state index in [2.05, 4.69) is 15.9 Å². The van der Waals surface area contributed by atoms with E-state index >= 15 is 0 Å². The van der Waals surface area contributed by atoms with E-state index in [4.69, 9.17) is 22.1 Å². The van der Waals surface area contributed by atoms with Crippen molar-refractivity contribution >= 4 is 33.2 Å². The summed E-state index contributed by atoms with van der Waals surface area (Å²) in [7, 11) is 0. The third-order valence-electron chi connectivity index (χ3n) is 2.39. The molecule has 0 fully saturated rings. The maximum atomic E-state index is 13.2. The second-order valence-electron chi connectivity index (χ2n) is 3.68. The van der Waals surface area contributed by atoms with Gasteiger partial charge in [-0.15, -0.1) is 0 Å². The van der Waals surface area contributed by atoms with Crippen LogP contribution in [-0.2, 0) is 6.61 Å². The van der Waals surface area contributed by atoms with Crippen molar-refractivity contribution in [1.29, 1.82) is 0 Å². The Bertz CT molecular complexity index is 577. The van der Waals surface area contributed by atoms with Crippen LogP contribution in [0.1, 0.15) is 5.56 Å². The molecule has 0 radical (unpaired) electrons. The smallest absolute Gasteiger partial charge is 0.142 e. The van der Waals surface area contributed by atoms with Gasteiger partial charge in [0.1, 0.15) is 18.2 Å². The van der Waals surface area contributed by atoms with Crippen LogP contribution in [0.25, 0.3) is 0 Å². The molecule has 0 unspecified atom stereocenters. The highest BCUT2D eigenvalue weighted by atomic mass is 79.9. The van der Waals surface area contributed by atoms with Gasteiger partial charge in [-0.3, -0.25) is 0 Å². The van der Waals surface area contributed by atoms with Gasteiger partial charge < -0.3 is 10.5 Å². The zero-order valence-electron chi connectivity index (χ0n) is 9.29. The van der Waals surface area contributed by atoms with Crippen LogP contribution < -0.4 is 10.5 Å². The van der Waals surface area contributed by atoms with E-state index in [-0.39, 0.29) is 11.6 Å². The molecule has 0 saturated carbocycles. The van der Waals surface area contributed by atoms with E-state index in [0.717, 1.165) is 4.47 Å². The Balaban J connectivity index is 2.14. The Morgan fingerprint density at radius 1 is 1.28 bits per heavy atom. The van der Waals surface area contributed by atoms with Crippen LogP contribution in [0.3, 0.4) is 0 Å². The van der Waals surface area contributed by atoms with E-state index in [1.54, 1.807) is 24.3 Å². The summed E-state index contributed by atoms with van der Waals surface area (Å²) in [4.78, 5) is 0. The predicted octanol–water partition coefficient (Wildman–Crippen LogP) is 4.40. The van der Waals surface area contributed by atoms with Crippen LogP contribution in [0, 0.1) is 5.82 Å². The van der Waals surface area contributed by atoms with Crippen molar-refractivity contribution in [3.05, 3.63) is 57.3 Å². The van der Waals surface area contributed by atoms with Gasteiger partial charge in [0, 0.05) is 10.0 Å². The van der Waals surface area contributed by atoms with Crippen LogP contribution >= 0.6 is 27.5 Å². The summed E-state index contributed by atoms with van der Waals surface area (Å²) in [6.07, 6.45) is 0. The number of nitrogen functional groups attached to an aromatic ring is 1. The molecule has 0 amide bonds. The van der Waals surface area contributed by atoms with E-state index in [0.29, 0.717) is 17.0 Å². The summed E-state index contributed by atoms with van der Waals surface area (Å²) >= 11 is 9.14. The van der Waals surface area contributed by atoms with Gasteiger partial charge in [-0.2, -0.15) is 0 Å².